The van der Waals surface area contributed by atoms with Gasteiger partial charge in [0.1, 0.15) is 5.69 Å². The van der Waals surface area contributed by atoms with Crippen LogP contribution in [-0.4, -0.2) is 56.2 Å². The van der Waals surface area contributed by atoms with Gasteiger partial charge in [0, 0.05) is 26.3 Å². The Morgan fingerprint density at radius 3 is 2.69 bits per heavy atom. The molecule has 144 valence electrons. The lowest BCUT2D eigenvalue weighted by atomic mass is 9.88. The second-order valence-corrected chi connectivity index (χ2v) is 7.19. The smallest absolute Gasteiger partial charge is 0.412 e. The predicted molar refractivity (Wildman–Crippen MR) is 96.4 cm³/mol. The van der Waals surface area contributed by atoms with Crippen LogP contribution in [0.4, 0.5) is 4.79 Å². The summed E-state index contributed by atoms with van der Waals surface area (Å²) >= 11 is 0. The molecule has 1 aromatic rings. The van der Waals surface area contributed by atoms with Crippen LogP contribution < -0.4 is 5.32 Å². The highest BCUT2D eigenvalue weighted by Crippen LogP contribution is 2.40. The molecule has 1 saturated heterocycles. The summed E-state index contributed by atoms with van der Waals surface area (Å²) in [6.45, 7) is 7.64. The molecule has 26 heavy (non-hydrogen) atoms. The number of carbonyl (C=O) groups is 2. The van der Waals surface area contributed by atoms with Gasteiger partial charge in [-0.3, -0.25) is 14.4 Å². The Bertz CT molecular complexity index is 706. The third-order valence-corrected chi connectivity index (χ3v) is 4.91. The molecule has 0 unspecified atom stereocenters. The van der Waals surface area contributed by atoms with Crippen LogP contribution in [0.1, 0.15) is 51.0 Å². The lowest BCUT2D eigenvalue weighted by Gasteiger charge is -2.37. The van der Waals surface area contributed by atoms with Crippen molar-refractivity contribution in [2.45, 2.75) is 51.9 Å². The molecule has 2 amide bonds. The summed E-state index contributed by atoms with van der Waals surface area (Å²) in [5.74, 6) is -0.288. The summed E-state index contributed by atoms with van der Waals surface area (Å²) < 4.78 is 6.96. The molecule has 2 atom stereocenters. The summed E-state index contributed by atoms with van der Waals surface area (Å²) in [6, 6.07) is 1.61. The number of allylic oxidation sites excluding steroid dienone is 2. The molecule has 8 heteroatoms. The van der Waals surface area contributed by atoms with Crippen LogP contribution in [0, 0.1) is 0 Å². The van der Waals surface area contributed by atoms with E-state index >= 15 is 0 Å². The van der Waals surface area contributed by atoms with E-state index in [-0.39, 0.29) is 19.0 Å². The Kier molecular flexibility index (Phi) is 5.75. The van der Waals surface area contributed by atoms with Crippen LogP contribution in [0.5, 0.6) is 0 Å². The number of hydrogen-bond acceptors (Lipinski definition) is 5. The quantitative estimate of drug-likeness (QED) is 0.720. The van der Waals surface area contributed by atoms with Crippen molar-refractivity contribution in [3.8, 4) is 0 Å². The zero-order valence-corrected chi connectivity index (χ0v) is 16.1. The highest BCUT2D eigenvalue weighted by molar-refractivity contribution is 5.92. The number of hydrogen-bond donors (Lipinski definition) is 2. The van der Waals surface area contributed by atoms with E-state index in [1.807, 2.05) is 19.9 Å². The molecule has 1 aromatic heterocycles. The zero-order chi connectivity index (χ0) is 19.5. The van der Waals surface area contributed by atoms with Crippen molar-refractivity contribution < 1.29 is 19.4 Å². The summed E-state index contributed by atoms with van der Waals surface area (Å²) in [4.78, 5) is 25.6. The first-order chi connectivity index (χ1) is 12.1. The number of ether oxygens (including phenoxy) is 1. The lowest BCUT2D eigenvalue weighted by molar-refractivity contribution is -0.138. The van der Waals surface area contributed by atoms with Crippen molar-refractivity contribution in [2.75, 3.05) is 13.1 Å². The first-order valence-corrected chi connectivity index (χ1v) is 8.71. The maximum absolute atomic E-state index is 12.3. The number of amides is 2. The fourth-order valence-corrected chi connectivity index (χ4v) is 3.01. The molecule has 0 radical (unpaired) electrons. The van der Waals surface area contributed by atoms with Gasteiger partial charge >= 0.3 is 6.09 Å². The van der Waals surface area contributed by atoms with E-state index in [0.29, 0.717) is 18.5 Å². The van der Waals surface area contributed by atoms with Crippen molar-refractivity contribution in [1.82, 2.24) is 20.0 Å². The molecule has 1 aliphatic heterocycles. The Balaban J connectivity index is 1.96. The largest absolute Gasteiger partial charge is 0.438 e. The van der Waals surface area contributed by atoms with Crippen LogP contribution in [0.25, 0.3) is 0 Å². The molecule has 2 heterocycles. The van der Waals surface area contributed by atoms with E-state index in [1.165, 1.54) is 21.4 Å². The van der Waals surface area contributed by atoms with Gasteiger partial charge in [0.2, 0.25) is 0 Å². The van der Waals surface area contributed by atoms with Gasteiger partial charge in [0.25, 0.3) is 5.91 Å². The Morgan fingerprint density at radius 2 is 2.12 bits per heavy atom. The highest BCUT2D eigenvalue weighted by atomic mass is 16.6. The van der Waals surface area contributed by atoms with Crippen molar-refractivity contribution in [1.29, 1.82) is 0 Å². The van der Waals surface area contributed by atoms with Crippen LogP contribution in [0.2, 0.25) is 0 Å². The molecule has 1 aliphatic rings. The molecule has 2 rings (SSSR count). The molecule has 2 N–H and O–H groups in total. The molecule has 0 aromatic carbocycles. The molecular weight excluding hydrogens is 336 g/mol. The Morgan fingerprint density at radius 1 is 1.42 bits per heavy atom. The molecule has 0 spiro atoms. The number of aryl methyl sites for hydroxylation is 1. The first kappa shape index (κ1) is 20.0. The van der Waals surface area contributed by atoms with Gasteiger partial charge < -0.3 is 15.2 Å². The lowest BCUT2D eigenvalue weighted by Crippen LogP contribution is -2.56. The third kappa shape index (κ3) is 3.90. The minimum Gasteiger partial charge on any atom is -0.438 e. The van der Waals surface area contributed by atoms with Gasteiger partial charge in [-0.15, -0.1) is 0 Å². The second-order valence-electron chi connectivity index (χ2n) is 7.19. The monoisotopic (exact) mass is 364 g/mol. The van der Waals surface area contributed by atoms with Gasteiger partial charge in [-0.1, -0.05) is 11.6 Å². The number of aromatic nitrogens is 2. The standard InChI is InChI=1S/C18H28N4O4/c1-13(2)7-6-9-17(3)18(4,25)22(16(24)26-17)12-11-19-15(23)14-8-10-20-21(14)5/h7-8,10,25H,6,9,11-12H2,1-5H3,(H,19,23)/t17-,18-/m1/s1. The van der Waals surface area contributed by atoms with Gasteiger partial charge in [-0.2, -0.15) is 5.10 Å². The molecular formula is C18H28N4O4. The second kappa shape index (κ2) is 7.49. The number of aliphatic hydroxyl groups is 1. The van der Waals surface area contributed by atoms with E-state index in [2.05, 4.69) is 10.4 Å². The molecule has 1 fully saturated rings. The van der Waals surface area contributed by atoms with Gasteiger partial charge in [-0.05, 0) is 46.6 Å². The molecule has 0 aliphatic carbocycles. The SMILES string of the molecule is CC(C)=CCC[C@@]1(C)OC(=O)N(CCNC(=O)c2ccnn2C)[C@]1(C)O. The number of rotatable bonds is 7. The van der Waals surface area contributed by atoms with Gasteiger partial charge in [0.15, 0.2) is 11.3 Å². The van der Waals surface area contributed by atoms with E-state index in [1.54, 1.807) is 27.0 Å². The average Bonchev–Trinajstić information content (AvgIpc) is 3.02. The molecule has 0 bridgehead atoms. The average molecular weight is 364 g/mol. The fourth-order valence-electron chi connectivity index (χ4n) is 3.01. The van der Waals surface area contributed by atoms with Crippen molar-refractivity contribution >= 4 is 12.0 Å². The summed E-state index contributed by atoms with van der Waals surface area (Å²) in [7, 11) is 1.68. The van der Waals surface area contributed by atoms with Crippen molar-refractivity contribution in [2.24, 2.45) is 7.05 Å². The zero-order valence-electron chi connectivity index (χ0n) is 16.1. The topological polar surface area (TPSA) is 96.7 Å². The summed E-state index contributed by atoms with van der Waals surface area (Å²) in [5, 5.41) is 17.6. The number of nitrogens with one attached hydrogen (secondary N) is 1. The normalized spacial score (nSPS) is 25.2. The maximum Gasteiger partial charge on any atom is 0.412 e. The summed E-state index contributed by atoms with van der Waals surface area (Å²) in [5.41, 5.74) is -0.876. The van der Waals surface area contributed by atoms with E-state index < -0.39 is 17.4 Å². The van der Waals surface area contributed by atoms with E-state index in [0.717, 1.165) is 0 Å². The minimum atomic E-state index is -1.46. The first-order valence-electron chi connectivity index (χ1n) is 8.71. The van der Waals surface area contributed by atoms with Gasteiger partial charge in [0.05, 0.1) is 0 Å². The van der Waals surface area contributed by atoms with E-state index in [9.17, 15) is 14.7 Å². The van der Waals surface area contributed by atoms with Crippen LogP contribution in [0.3, 0.4) is 0 Å². The molecule has 0 saturated carbocycles. The Hall–Kier alpha value is -2.35. The predicted octanol–water partition coefficient (Wildman–Crippen LogP) is 1.82. The van der Waals surface area contributed by atoms with Crippen LogP contribution >= 0.6 is 0 Å². The third-order valence-electron chi connectivity index (χ3n) is 4.91. The van der Waals surface area contributed by atoms with Crippen molar-refractivity contribution in [3.05, 3.63) is 29.6 Å². The van der Waals surface area contributed by atoms with Crippen LogP contribution in [-0.2, 0) is 11.8 Å². The summed E-state index contributed by atoms with van der Waals surface area (Å²) in [6.07, 6.45) is 4.22. The molecule has 8 nitrogen and oxygen atoms in total. The number of nitrogens with zero attached hydrogens (tertiary/aromatic N) is 3. The minimum absolute atomic E-state index is 0.146. The van der Waals surface area contributed by atoms with Crippen molar-refractivity contribution in [3.63, 3.8) is 0 Å². The number of cyclic esters (lactones) is 1. The van der Waals surface area contributed by atoms with E-state index in [4.69, 9.17) is 4.74 Å². The number of carbonyl (C=O) groups excluding carboxylic acids is 2. The fraction of sp³-hybridized carbons (Fsp3) is 0.611. The Labute approximate surface area is 153 Å². The van der Waals surface area contributed by atoms with Gasteiger partial charge in [-0.25, -0.2) is 4.79 Å². The highest BCUT2D eigenvalue weighted by Gasteiger charge is 2.58. The maximum atomic E-state index is 12.3. The van der Waals surface area contributed by atoms with Crippen LogP contribution in [0.15, 0.2) is 23.9 Å².